The maximum Gasteiger partial charge on any atom is 0.321 e. The van der Waals surface area contributed by atoms with Gasteiger partial charge in [-0.05, 0) is 29.8 Å². The fourth-order valence-electron chi connectivity index (χ4n) is 1.85. The van der Waals surface area contributed by atoms with Gasteiger partial charge in [-0.15, -0.1) is 11.8 Å². The number of aliphatic carboxylic acids is 1. The Kier molecular flexibility index (Phi) is 5.00. The van der Waals surface area contributed by atoms with Crippen LogP contribution in [0.25, 0.3) is 0 Å². The molecule has 0 saturated carbocycles. The van der Waals surface area contributed by atoms with Gasteiger partial charge in [0.1, 0.15) is 5.25 Å². The number of carbonyl (C=O) groups excluding carboxylic acids is 1. The first kappa shape index (κ1) is 15.1. The topological polar surface area (TPSA) is 66.4 Å². The molecule has 1 atom stereocenters. The number of benzene rings is 2. The Morgan fingerprint density at radius 2 is 1.67 bits per heavy atom. The number of carboxylic acids is 1. The number of hydrogen-bond acceptors (Lipinski definition) is 3. The zero-order chi connectivity index (χ0) is 15.2. The Balaban J connectivity index is 2.14. The maximum atomic E-state index is 11.4. The van der Waals surface area contributed by atoms with Gasteiger partial charge in [-0.3, -0.25) is 9.59 Å². The van der Waals surface area contributed by atoms with E-state index in [1.807, 2.05) is 18.2 Å². The van der Waals surface area contributed by atoms with Gasteiger partial charge in [0.05, 0.1) is 0 Å². The fourth-order valence-corrected chi connectivity index (χ4v) is 2.80. The molecule has 0 radical (unpaired) electrons. The smallest absolute Gasteiger partial charge is 0.321 e. The molecule has 2 aromatic rings. The highest BCUT2D eigenvalue weighted by Gasteiger charge is 2.20. The summed E-state index contributed by atoms with van der Waals surface area (Å²) in [5, 5.41) is 11.4. The van der Waals surface area contributed by atoms with Crippen molar-refractivity contribution in [2.75, 3.05) is 5.32 Å². The summed E-state index contributed by atoms with van der Waals surface area (Å²) in [6.07, 6.45) is 0. The van der Waals surface area contributed by atoms with E-state index >= 15 is 0 Å². The number of anilines is 1. The molecule has 0 aliphatic heterocycles. The van der Waals surface area contributed by atoms with E-state index in [0.717, 1.165) is 10.5 Å². The molecular weight excluding hydrogens is 286 g/mol. The number of rotatable bonds is 5. The molecule has 0 saturated heterocycles. The summed E-state index contributed by atoms with van der Waals surface area (Å²) in [5.41, 5.74) is 1.44. The molecule has 0 bridgehead atoms. The van der Waals surface area contributed by atoms with Crippen LogP contribution in [0.1, 0.15) is 17.7 Å². The first-order valence-corrected chi connectivity index (χ1v) is 7.26. The monoisotopic (exact) mass is 301 g/mol. The Morgan fingerprint density at radius 3 is 2.19 bits per heavy atom. The number of hydrogen-bond donors (Lipinski definition) is 2. The van der Waals surface area contributed by atoms with Crippen molar-refractivity contribution >= 4 is 29.3 Å². The van der Waals surface area contributed by atoms with E-state index in [9.17, 15) is 14.7 Å². The minimum atomic E-state index is -0.878. The highest BCUT2D eigenvalue weighted by Crippen LogP contribution is 2.35. The molecule has 0 aromatic heterocycles. The van der Waals surface area contributed by atoms with Gasteiger partial charge in [0.15, 0.2) is 0 Å². The summed E-state index contributed by atoms with van der Waals surface area (Å²) in [6.45, 7) is 1.44. The molecule has 0 spiro atoms. The van der Waals surface area contributed by atoms with Crippen molar-refractivity contribution in [3.63, 3.8) is 0 Å². The number of carbonyl (C=O) groups is 2. The molecule has 5 heteroatoms. The molecule has 2 rings (SSSR count). The lowest BCUT2D eigenvalue weighted by molar-refractivity contribution is -0.136. The second-order valence-electron chi connectivity index (χ2n) is 4.45. The largest absolute Gasteiger partial charge is 0.480 e. The zero-order valence-corrected chi connectivity index (χ0v) is 12.3. The molecule has 1 unspecified atom stereocenters. The first-order valence-electron chi connectivity index (χ1n) is 6.38. The van der Waals surface area contributed by atoms with Crippen LogP contribution < -0.4 is 5.32 Å². The number of carboxylic acid groups (broad SMARTS) is 1. The number of amides is 1. The lowest BCUT2D eigenvalue weighted by Gasteiger charge is -2.12. The molecule has 0 aliphatic rings. The van der Waals surface area contributed by atoms with Gasteiger partial charge in [-0.2, -0.15) is 0 Å². The van der Waals surface area contributed by atoms with E-state index in [4.69, 9.17) is 0 Å². The van der Waals surface area contributed by atoms with Crippen LogP contribution in [0.3, 0.4) is 0 Å². The van der Waals surface area contributed by atoms with Gasteiger partial charge in [0.25, 0.3) is 0 Å². The van der Waals surface area contributed by atoms with Crippen molar-refractivity contribution < 1.29 is 14.7 Å². The van der Waals surface area contributed by atoms with Crippen molar-refractivity contribution in [3.8, 4) is 0 Å². The van der Waals surface area contributed by atoms with Crippen molar-refractivity contribution in [3.05, 3.63) is 60.2 Å². The average Bonchev–Trinajstić information content (AvgIpc) is 2.46. The Bertz CT molecular complexity index is 626. The highest BCUT2D eigenvalue weighted by atomic mass is 32.2. The molecule has 4 nitrogen and oxygen atoms in total. The van der Waals surface area contributed by atoms with Crippen LogP contribution in [0, 0.1) is 0 Å². The van der Waals surface area contributed by atoms with E-state index in [1.54, 1.807) is 36.4 Å². The minimum absolute atomic E-state index is 0.136. The summed E-state index contributed by atoms with van der Waals surface area (Å²) in [4.78, 5) is 23.2. The summed E-state index contributed by atoms with van der Waals surface area (Å²) in [6, 6.07) is 16.2. The van der Waals surface area contributed by atoms with E-state index in [2.05, 4.69) is 5.32 Å². The first-order chi connectivity index (χ1) is 10.1. The zero-order valence-electron chi connectivity index (χ0n) is 11.4. The summed E-state index contributed by atoms with van der Waals surface area (Å²) in [7, 11) is 0. The Labute approximate surface area is 127 Å². The quantitative estimate of drug-likeness (QED) is 0.829. The van der Waals surface area contributed by atoms with Gasteiger partial charge in [-0.1, -0.05) is 30.3 Å². The predicted molar refractivity (Wildman–Crippen MR) is 83.4 cm³/mol. The van der Waals surface area contributed by atoms with Gasteiger partial charge < -0.3 is 10.4 Å². The van der Waals surface area contributed by atoms with E-state index < -0.39 is 11.2 Å². The van der Waals surface area contributed by atoms with Crippen LogP contribution in [0.15, 0.2) is 59.5 Å². The maximum absolute atomic E-state index is 11.4. The third-order valence-corrected chi connectivity index (χ3v) is 4.01. The SMILES string of the molecule is CC(=O)Nc1ccc(SC(C(=O)O)c2ccccc2)cc1. The van der Waals surface area contributed by atoms with Crippen LogP contribution in [-0.2, 0) is 9.59 Å². The molecule has 1 amide bonds. The van der Waals surface area contributed by atoms with E-state index in [-0.39, 0.29) is 5.91 Å². The van der Waals surface area contributed by atoms with Crippen molar-refractivity contribution in [1.82, 2.24) is 0 Å². The van der Waals surface area contributed by atoms with E-state index in [0.29, 0.717) is 5.69 Å². The Morgan fingerprint density at radius 1 is 1.05 bits per heavy atom. The Hall–Kier alpha value is -2.27. The van der Waals surface area contributed by atoms with Gasteiger partial charge in [0, 0.05) is 17.5 Å². The standard InChI is InChI=1S/C16H15NO3S/c1-11(18)17-13-7-9-14(10-8-13)21-15(16(19)20)12-5-3-2-4-6-12/h2-10,15H,1H3,(H,17,18)(H,19,20). The normalized spacial score (nSPS) is 11.7. The molecule has 0 aliphatic carbocycles. The van der Waals surface area contributed by atoms with Crippen molar-refractivity contribution in [2.45, 2.75) is 17.1 Å². The van der Waals surface area contributed by atoms with Crippen molar-refractivity contribution in [2.24, 2.45) is 0 Å². The van der Waals surface area contributed by atoms with E-state index in [1.165, 1.54) is 18.7 Å². The highest BCUT2D eigenvalue weighted by molar-refractivity contribution is 8.00. The van der Waals surface area contributed by atoms with Crippen LogP contribution in [0.2, 0.25) is 0 Å². The lowest BCUT2D eigenvalue weighted by Crippen LogP contribution is -2.08. The molecular formula is C16H15NO3S. The number of thioether (sulfide) groups is 1. The fraction of sp³-hybridized carbons (Fsp3) is 0.125. The molecule has 2 N–H and O–H groups in total. The predicted octanol–water partition coefficient (Wildman–Crippen LogP) is 3.56. The van der Waals surface area contributed by atoms with Gasteiger partial charge in [0.2, 0.25) is 5.91 Å². The van der Waals surface area contributed by atoms with Crippen molar-refractivity contribution in [1.29, 1.82) is 0 Å². The lowest BCUT2D eigenvalue weighted by atomic mass is 10.1. The van der Waals surface area contributed by atoms with Crippen LogP contribution >= 0.6 is 11.8 Å². The molecule has 2 aromatic carbocycles. The summed E-state index contributed by atoms with van der Waals surface area (Å²) >= 11 is 1.27. The third-order valence-electron chi connectivity index (χ3n) is 2.76. The third kappa shape index (κ3) is 4.36. The van der Waals surface area contributed by atoms with Crippen LogP contribution in [-0.4, -0.2) is 17.0 Å². The molecule has 21 heavy (non-hydrogen) atoms. The second kappa shape index (κ2) is 6.95. The molecule has 0 fully saturated rings. The van der Waals surface area contributed by atoms with Crippen LogP contribution in [0.4, 0.5) is 5.69 Å². The summed E-state index contributed by atoms with van der Waals surface area (Å²) in [5.74, 6) is -1.01. The van der Waals surface area contributed by atoms with Crippen LogP contribution in [0.5, 0.6) is 0 Å². The minimum Gasteiger partial charge on any atom is -0.480 e. The summed E-state index contributed by atoms with van der Waals surface area (Å²) < 4.78 is 0. The van der Waals surface area contributed by atoms with Gasteiger partial charge in [-0.25, -0.2) is 0 Å². The second-order valence-corrected chi connectivity index (χ2v) is 5.63. The number of nitrogens with one attached hydrogen (secondary N) is 1. The molecule has 108 valence electrons. The molecule has 0 heterocycles. The van der Waals surface area contributed by atoms with Gasteiger partial charge >= 0.3 is 5.97 Å². The average molecular weight is 301 g/mol.